The summed E-state index contributed by atoms with van der Waals surface area (Å²) < 4.78 is 39.3. The number of nitrogens with zero attached hydrogens (tertiary/aromatic N) is 3. The Balaban J connectivity index is 1.63. The molecule has 0 unspecified atom stereocenters. The van der Waals surface area contributed by atoms with Crippen LogP contribution in [0.1, 0.15) is 54.4 Å². The first-order valence-corrected chi connectivity index (χ1v) is 13.4. The van der Waals surface area contributed by atoms with Gasteiger partial charge in [-0.05, 0) is 43.1 Å². The lowest BCUT2D eigenvalue weighted by Crippen LogP contribution is -2.16. The monoisotopic (exact) mass is 559 g/mol. The van der Waals surface area contributed by atoms with E-state index in [1.54, 1.807) is 48.0 Å². The molecule has 4 rings (SSSR count). The zero-order chi connectivity index (χ0) is 27.9. The lowest BCUT2D eigenvalue weighted by atomic mass is 10.1. The van der Waals surface area contributed by atoms with Gasteiger partial charge >= 0.3 is 6.61 Å². The fraction of sp³-hybridized carbons (Fsp3) is 0.370. The van der Waals surface area contributed by atoms with Crippen molar-refractivity contribution >= 4 is 22.9 Å². The van der Waals surface area contributed by atoms with Crippen molar-refractivity contribution in [1.82, 2.24) is 19.7 Å². The minimum absolute atomic E-state index is 0.0116. The van der Waals surface area contributed by atoms with Crippen LogP contribution in [-0.2, 0) is 24.4 Å². The second-order valence-corrected chi connectivity index (χ2v) is 10.1. The number of benzene rings is 1. The average Bonchev–Trinajstić information content (AvgIpc) is 3.49. The Morgan fingerprint density at radius 3 is 2.74 bits per heavy atom. The van der Waals surface area contributed by atoms with Crippen molar-refractivity contribution in [2.45, 2.75) is 59.0 Å². The summed E-state index contributed by atoms with van der Waals surface area (Å²) in [4.78, 5) is 21.3. The Morgan fingerprint density at radius 1 is 1.23 bits per heavy atom. The first kappa shape index (κ1) is 28.4. The third-order valence-electron chi connectivity index (χ3n) is 6.02. The van der Waals surface area contributed by atoms with E-state index in [1.165, 1.54) is 11.3 Å². The van der Waals surface area contributed by atoms with E-state index in [0.29, 0.717) is 38.9 Å². The summed E-state index contributed by atoms with van der Waals surface area (Å²) in [6, 6.07) is 8.66. The zero-order valence-electron chi connectivity index (χ0n) is 21.7. The van der Waals surface area contributed by atoms with Crippen molar-refractivity contribution in [2.75, 3.05) is 6.54 Å². The van der Waals surface area contributed by atoms with Crippen molar-refractivity contribution < 1.29 is 28.2 Å². The van der Waals surface area contributed by atoms with E-state index in [0.717, 1.165) is 24.9 Å². The van der Waals surface area contributed by atoms with Crippen molar-refractivity contribution in [2.24, 2.45) is 5.73 Å². The fourth-order valence-electron chi connectivity index (χ4n) is 4.07. The van der Waals surface area contributed by atoms with E-state index >= 15 is 0 Å². The van der Waals surface area contributed by atoms with Crippen LogP contribution in [0.15, 0.2) is 42.7 Å². The van der Waals surface area contributed by atoms with E-state index in [1.807, 2.05) is 6.07 Å². The topological polar surface area (TPSA) is 124 Å². The number of fused-ring (bicyclic) bond motifs is 1. The molecule has 9 nitrogen and oxygen atoms in total. The average molecular weight is 560 g/mol. The quantitative estimate of drug-likeness (QED) is 0.193. The molecule has 1 amide bonds. The maximum atomic E-state index is 13.3. The second kappa shape index (κ2) is 13.0. The predicted octanol–water partition coefficient (Wildman–Crippen LogP) is 4.61. The first-order valence-electron chi connectivity index (χ1n) is 12.6. The number of thiazole rings is 1. The molecule has 0 saturated carbocycles. The zero-order valence-corrected chi connectivity index (χ0v) is 22.5. The highest BCUT2D eigenvalue weighted by molar-refractivity contribution is 7.15. The number of carbonyl (C=O) groups is 1. The van der Waals surface area contributed by atoms with Crippen LogP contribution in [0.2, 0.25) is 0 Å². The lowest BCUT2D eigenvalue weighted by molar-refractivity contribution is -0.117. The molecule has 0 aliphatic rings. The Morgan fingerprint density at radius 2 is 2.03 bits per heavy atom. The smallest absolute Gasteiger partial charge is 0.387 e. The fourth-order valence-corrected chi connectivity index (χ4v) is 5.09. The van der Waals surface area contributed by atoms with Gasteiger partial charge in [-0.15, -0.1) is 11.3 Å². The van der Waals surface area contributed by atoms with Crippen LogP contribution in [0.5, 0.6) is 11.6 Å². The van der Waals surface area contributed by atoms with Crippen molar-refractivity contribution in [3.05, 3.63) is 64.3 Å². The molecule has 0 fully saturated rings. The van der Waals surface area contributed by atoms with Crippen LogP contribution >= 0.6 is 11.3 Å². The first-order chi connectivity index (χ1) is 18.8. The standard InChI is InChI=1S/C27H31F2N5O4S/c1-3-4-9-31-12-17-5-7-19(21(10-17)38-27(28)29)16(2)37-25-22(11-23(30)36)39-26(33-25)20-13-32-24-8-6-18(15-35)14-34(20)24/h5-8,10,13-14,16,27,31,35H,3-4,9,11-12,15H2,1-2H3,(H2,30,36)/t16-/m1/s1. The molecule has 0 radical (unpaired) electrons. The number of rotatable bonds is 14. The Labute approximate surface area is 228 Å². The van der Waals surface area contributed by atoms with Gasteiger partial charge in [-0.3, -0.25) is 9.20 Å². The summed E-state index contributed by atoms with van der Waals surface area (Å²) in [6.07, 6.45) is 4.62. The number of amides is 1. The molecule has 1 atom stereocenters. The van der Waals surface area contributed by atoms with E-state index in [4.69, 9.17) is 15.2 Å². The molecule has 3 aromatic heterocycles. The number of carbonyl (C=O) groups excluding carboxylic acids is 1. The summed E-state index contributed by atoms with van der Waals surface area (Å²) in [7, 11) is 0. The molecule has 0 aliphatic heterocycles. The number of aliphatic hydroxyl groups is 1. The molecule has 4 N–H and O–H groups in total. The number of alkyl halides is 2. The number of hydrogen-bond donors (Lipinski definition) is 3. The molecule has 3 heterocycles. The molecule has 4 aromatic rings. The summed E-state index contributed by atoms with van der Waals surface area (Å²) in [5, 5.41) is 13.3. The van der Waals surface area contributed by atoms with Gasteiger partial charge in [0.05, 0.1) is 24.1 Å². The van der Waals surface area contributed by atoms with Crippen LogP contribution < -0.4 is 20.5 Å². The van der Waals surface area contributed by atoms with Crippen LogP contribution in [0.25, 0.3) is 16.3 Å². The molecule has 0 bridgehead atoms. The maximum absolute atomic E-state index is 13.3. The summed E-state index contributed by atoms with van der Waals surface area (Å²) in [5.41, 5.74) is 8.68. The summed E-state index contributed by atoms with van der Waals surface area (Å²) >= 11 is 1.22. The van der Waals surface area contributed by atoms with Crippen LogP contribution in [0.3, 0.4) is 0 Å². The molecule has 0 aliphatic carbocycles. The number of hydrogen-bond acceptors (Lipinski definition) is 8. The number of ether oxygens (including phenoxy) is 2. The summed E-state index contributed by atoms with van der Waals surface area (Å²) in [5.74, 6) is -0.384. The number of halogens is 2. The van der Waals surface area contributed by atoms with Gasteiger partial charge in [0.1, 0.15) is 28.2 Å². The van der Waals surface area contributed by atoms with Crippen LogP contribution in [0, 0.1) is 0 Å². The highest BCUT2D eigenvalue weighted by Gasteiger charge is 2.23. The third-order valence-corrected chi connectivity index (χ3v) is 7.08. The number of imidazole rings is 1. The number of nitrogens with one attached hydrogen (secondary N) is 1. The largest absolute Gasteiger partial charge is 0.469 e. The van der Waals surface area contributed by atoms with E-state index in [-0.39, 0.29) is 24.7 Å². The molecular formula is C27H31F2N5O4S. The molecule has 1 aromatic carbocycles. The van der Waals surface area contributed by atoms with Gasteiger partial charge in [0.15, 0.2) is 0 Å². The Kier molecular flexibility index (Phi) is 9.44. The van der Waals surface area contributed by atoms with E-state index in [2.05, 4.69) is 22.2 Å². The van der Waals surface area contributed by atoms with Crippen LogP contribution in [-0.4, -0.2) is 38.5 Å². The predicted molar refractivity (Wildman–Crippen MR) is 144 cm³/mol. The lowest BCUT2D eigenvalue weighted by Gasteiger charge is -2.19. The third kappa shape index (κ3) is 7.08. The normalized spacial score (nSPS) is 12.3. The van der Waals surface area contributed by atoms with Crippen LogP contribution in [0.4, 0.5) is 8.78 Å². The molecule has 39 heavy (non-hydrogen) atoms. The highest BCUT2D eigenvalue weighted by Crippen LogP contribution is 2.37. The minimum Gasteiger partial charge on any atom is -0.469 e. The SMILES string of the molecule is CCCCNCc1ccc([C@@H](C)Oc2nc(-c3cnc4ccc(CO)cn34)sc2CC(N)=O)c(OC(F)F)c1. The van der Waals surface area contributed by atoms with Gasteiger partial charge in [0.2, 0.25) is 11.8 Å². The maximum Gasteiger partial charge on any atom is 0.387 e. The Bertz CT molecular complexity index is 1420. The van der Waals surface area contributed by atoms with Gasteiger partial charge in [0.25, 0.3) is 0 Å². The van der Waals surface area contributed by atoms with Crippen molar-refractivity contribution in [3.8, 4) is 22.3 Å². The van der Waals surface area contributed by atoms with Gasteiger partial charge in [0, 0.05) is 18.3 Å². The number of primary amides is 1. The van der Waals surface area contributed by atoms with Crippen molar-refractivity contribution in [3.63, 3.8) is 0 Å². The van der Waals surface area contributed by atoms with Gasteiger partial charge in [-0.1, -0.05) is 31.5 Å². The molecule has 12 heteroatoms. The number of aliphatic hydroxyl groups excluding tert-OH is 1. The second-order valence-electron chi connectivity index (χ2n) is 9.00. The molecule has 208 valence electrons. The molecular weight excluding hydrogens is 528 g/mol. The highest BCUT2D eigenvalue weighted by atomic mass is 32.1. The molecule has 0 saturated heterocycles. The Hall–Kier alpha value is -3.61. The molecule has 0 spiro atoms. The summed E-state index contributed by atoms with van der Waals surface area (Å²) in [6.45, 7) is 1.99. The van der Waals surface area contributed by atoms with Gasteiger partial charge in [-0.2, -0.15) is 13.8 Å². The van der Waals surface area contributed by atoms with E-state index < -0.39 is 18.6 Å². The number of aromatic nitrogens is 3. The van der Waals surface area contributed by atoms with Crippen molar-refractivity contribution in [1.29, 1.82) is 0 Å². The minimum atomic E-state index is -3.01. The van der Waals surface area contributed by atoms with Gasteiger partial charge in [-0.25, -0.2) is 4.98 Å². The number of nitrogens with two attached hydrogens (primary N) is 1. The number of pyridine rings is 1. The number of unbranched alkanes of at least 4 members (excludes halogenated alkanes) is 1. The van der Waals surface area contributed by atoms with E-state index in [9.17, 15) is 18.7 Å². The van der Waals surface area contributed by atoms with Gasteiger partial charge < -0.3 is 25.6 Å².